The van der Waals surface area contributed by atoms with Crippen molar-refractivity contribution in [1.82, 2.24) is 0 Å². The van der Waals surface area contributed by atoms with Crippen molar-refractivity contribution >= 4 is 28.3 Å². The number of allylic oxidation sites excluding steroid dienone is 1. The molecule has 3 rings (SSSR count). The van der Waals surface area contributed by atoms with E-state index in [1.165, 1.54) is 12.5 Å². The number of anilines is 1. The van der Waals surface area contributed by atoms with E-state index >= 15 is 0 Å². The first-order valence-corrected chi connectivity index (χ1v) is 7.32. The van der Waals surface area contributed by atoms with Crippen LogP contribution in [-0.2, 0) is 0 Å². The van der Waals surface area contributed by atoms with Crippen LogP contribution in [0.3, 0.4) is 0 Å². The molecule has 0 aliphatic heterocycles. The summed E-state index contributed by atoms with van der Waals surface area (Å²) < 4.78 is 5.22. The highest BCUT2D eigenvalue weighted by molar-refractivity contribution is 6.09. The number of hydrogen-bond donors (Lipinski definition) is 1. The van der Waals surface area contributed by atoms with Gasteiger partial charge in [-0.1, -0.05) is 42.5 Å². The molecule has 3 aromatic carbocycles. The summed E-state index contributed by atoms with van der Waals surface area (Å²) in [5, 5.41) is 2.32. The molecule has 0 aliphatic rings. The Labute approximate surface area is 135 Å². The number of benzene rings is 3. The smallest absolute Gasteiger partial charge is 0.189 e. The molecule has 3 aromatic rings. The van der Waals surface area contributed by atoms with Gasteiger partial charge in [0.05, 0.1) is 12.7 Å². The van der Waals surface area contributed by atoms with Gasteiger partial charge in [0.2, 0.25) is 0 Å². The predicted octanol–water partition coefficient (Wildman–Crippen LogP) is 4.33. The topological polar surface area (TPSA) is 52.3 Å². The number of ether oxygens (including phenoxy) is 1. The average molecular weight is 303 g/mol. The highest BCUT2D eigenvalue weighted by Crippen LogP contribution is 2.23. The van der Waals surface area contributed by atoms with E-state index in [-0.39, 0.29) is 5.78 Å². The molecule has 0 heterocycles. The Morgan fingerprint density at radius 1 is 1.00 bits per heavy atom. The summed E-state index contributed by atoms with van der Waals surface area (Å²) in [6.45, 7) is 0. The van der Waals surface area contributed by atoms with E-state index in [0.29, 0.717) is 17.0 Å². The molecule has 0 aromatic heterocycles. The Morgan fingerprint density at radius 3 is 2.57 bits per heavy atom. The summed E-state index contributed by atoms with van der Waals surface area (Å²) in [6.07, 6.45) is 3.36. The number of rotatable bonds is 4. The Balaban J connectivity index is 1.87. The third kappa shape index (κ3) is 3.24. The fourth-order valence-electron chi connectivity index (χ4n) is 2.48. The summed E-state index contributed by atoms with van der Waals surface area (Å²) in [5.41, 5.74) is 7.76. The van der Waals surface area contributed by atoms with Crippen molar-refractivity contribution in [2.24, 2.45) is 0 Å². The number of fused-ring (bicyclic) bond motifs is 1. The van der Waals surface area contributed by atoms with E-state index in [9.17, 15) is 4.79 Å². The van der Waals surface area contributed by atoms with Crippen LogP contribution in [0.25, 0.3) is 16.8 Å². The van der Waals surface area contributed by atoms with Gasteiger partial charge in [0.1, 0.15) is 5.75 Å². The van der Waals surface area contributed by atoms with Crippen molar-refractivity contribution in [2.75, 3.05) is 12.8 Å². The molecule has 0 atom stereocenters. The van der Waals surface area contributed by atoms with Crippen LogP contribution in [0.4, 0.5) is 5.69 Å². The second-order valence-corrected chi connectivity index (χ2v) is 5.26. The normalized spacial score (nSPS) is 11.0. The number of nitrogens with two attached hydrogens (primary N) is 1. The van der Waals surface area contributed by atoms with Crippen molar-refractivity contribution in [3.05, 3.63) is 77.9 Å². The lowest BCUT2D eigenvalue weighted by Gasteiger charge is -2.06. The first-order chi connectivity index (χ1) is 11.2. The van der Waals surface area contributed by atoms with Crippen LogP contribution in [0, 0.1) is 0 Å². The number of carbonyl (C=O) groups excluding carboxylic acids is 1. The average Bonchev–Trinajstić information content (AvgIpc) is 2.59. The van der Waals surface area contributed by atoms with Gasteiger partial charge < -0.3 is 10.5 Å². The summed E-state index contributed by atoms with van der Waals surface area (Å²) in [4.78, 5) is 12.4. The summed E-state index contributed by atoms with van der Waals surface area (Å²) in [7, 11) is 1.53. The Hall–Kier alpha value is -3.07. The SMILES string of the molecule is COc1cc(N)ccc1C(=O)/C=C/c1ccc2ccccc2c1. The lowest BCUT2D eigenvalue weighted by Crippen LogP contribution is -2.00. The molecule has 0 bridgehead atoms. The van der Waals surface area contributed by atoms with Crippen LogP contribution in [0.5, 0.6) is 5.75 Å². The molecule has 0 saturated heterocycles. The van der Waals surface area contributed by atoms with Gasteiger partial charge in [-0.15, -0.1) is 0 Å². The van der Waals surface area contributed by atoms with Crippen molar-refractivity contribution in [2.45, 2.75) is 0 Å². The number of ketones is 1. The molecule has 3 nitrogen and oxygen atoms in total. The molecule has 0 aliphatic carbocycles. The van der Waals surface area contributed by atoms with Crippen molar-refractivity contribution in [1.29, 1.82) is 0 Å². The fraction of sp³-hybridized carbons (Fsp3) is 0.0500. The molecule has 0 unspecified atom stereocenters. The molecule has 2 N–H and O–H groups in total. The van der Waals surface area contributed by atoms with Gasteiger partial charge in [-0.3, -0.25) is 4.79 Å². The Morgan fingerprint density at radius 2 is 1.78 bits per heavy atom. The van der Waals surface area contributed by atoms with Gasteiger partial charge in [-0.25, -0.2) is 0 Å². The quantitative estimate of drug-likeness (QED) is 0.443. The first kappa shape index (κ1) is 14.9. The van der Waals surface area contributed by atoms with E-state index in [4.69, 9.17) is 10.5 Å². The second kappa shape index (κ2) is 6.36. The maximum atomic E-state index is 12.4. The lowest BCUT2D eigenvalue weighted by molar-refractivity contribution is 0.104. The van der Waals surface area contributed by atoms with Crippen LogP contribution >= 0.6 is 0 Å². The zero-order valence-electron chi connectivity index (χ0n) is 12.8. The van der Waals surface area contributed by atoms with Crippen LogP contribution < -0.4 is 10.5 Å². The molecule has 0 fully saturated rings. The maximum absolute atomic E-state index is 12.4. The molecule has 23 heavy (non-hydrogen) atoms. The van der Waals surface area contributed by atoms with Crippen molar-refractivity contribution in [3.8, 4) is 5.75 Å². The van der Waals surface area contributed by atoms with Gasteiger partial charge in [0.15, 0.2) is 5.78 Å². The third-order valence-corrected chi connectivity index (χ3v) is 3.69. The van der Waals surface area contributed by atoms with E-state index in [1.807, 2.05) is 30.3 Å². The number of hydrogen-bond acceptors (Lipinski definition) is 3. The Kier molecular flexibility index (Phi) is 4.11. The van der Waals surface area contributed by atoms with Crippen molar-refractivity contribution in [3.63, 3.8) is 0 Å². The molecule has 0 radical (unpaired) electrons. The van der Waals surface area contributed by atoms with Crippen LogP contribution in [-0.4, -0.2) is 12.9 Å². The minimum atomic E-state index is -0.116. The predicted molar refractivity (Wildman–Crippen MR) is 94.7 cm³/mol. The highest BCUT2D eigenvalue weighted by Gasteiger charge is 2.09. The third-order valence-electron chi connectivity index (χ3n) is 3.69. The van der Waals surface area contributed by atoms with E-state index in [2.05, 4.69) is 18.2 Å². The van der Waals surface area contributed by atoms with E-state index in [1.54, 1.807) is 24.3 Å². The first-order valence-electron chi connectivity index (χ1n) is 7.32. The molecular weight excluding hydrogens is 286 g/mol. The second-order valence-electron chi connectivity index (χ2n) is 5.26. The standard InChI is InChI=1S/C20H17NO2/c1-23-20-13-17(21)9-10-18(20)19(22)11-7-14-6-8-15-4-2-3-5-16(15)12-14/h2-13H,21H2,1H3/b11-7+. The van der Waals surface area contributed by atoms with Gasteiger partial charge >= 0.3 is 0 Å². The monoisotopic (exact) mass is 303 g/mol. The highest BCUT2D eigenvalue weighted by atomic mass is 16.5. The summed E-state index contributed by atoms with van der Waals surface area (Å²) in [5.74, 6) is 0.369. The molecule has 114 valence electrons. The lowest BCUT2D eigenvalue weighted by atomic mass is 10.0. The fourth-order valence-corrected chi connectivity index (χ4v) is 2.48. The number of methoxy groups -OCH3 is 1. The number of carbonyl (C=O) groups is 1. The van der Waals surface area contributed by atoms with Crippen molar-refractivity contribution < 1.29 is 9.53 Å². The van der Waals surface area contributed by atoms with Gasteiger partial charge in [0, 0.05) is 11.8 Å². The molecule has 0 saturated carbocycles. The minimum Gasteiger partial charge on any atom is -0.496 e. The zero-order valence-corrected chi connectivity index (χ0v) is 12.8. The van der Waals surface area contributed by atoms with Gasteiger partial charge in [0.25, 0.3) is 0 Å². The van der Waals surface area contributed by atoms with Crippen LogP contribution in [0.2, 0.25) is 0 Å². The van der Waals surface area contributed by atoms with E-state index < -0.39 is 0 Å². The van der Waals surface area contributed by atoms with Crippen LogP contribution in [0.1, 0.15) is 15.9 Å². The number of nitrogen functional groups attached to an aromatic ring is 1. The largest absolute Gasteiger partial charge is 0.496 e. The summed E-state index contributed by atoms with van der Waals surface area (Å²) in [6, 6.07) is 19.2. The van der Waals surface area contributed by atoms with E-state index in [0.717, 1.165) is 10.9 Å². The van der Waals surface area contributed by atoms with Crippen LogP contribution in [0.15, 0.2) is 66.7 Å². The molecular formula is C20H17NO2. The molecule has 0 spiro atoms. The Bertz CT molecular complexity index is 897. The zero-order chi connectivity index (χ0) is 16.2. The van der Waals surface area contributed by atoms with Gasteiger partial charge in [-0.2, -0.15) is 0 Å². The summed E-state index contributed by atoms with van der Waals surface area (Å²) >= 11 is 0. The van der Waals surface area contributed by atoms with Gasteiger partial charge in [-0.05, 0) is 40.6 Å². The molecule has 3 heteroatoms. The maximum Gasteiger partial charge on any atom is 0.189 e. The molecule has 0 amide bonds. The minimum absolute atomic E-state index is 0.116.